The Kier molecular flexibility index (Phi) is 5.42. The van der Waals surface area contributed by atoms with Crippen molar-refractivity contribution in [1.82, 2.24) is 9.97 Å². The van der Waals surface area contributed by atoms with E-state index in [0.717, 1.165) is 0 Å². The van der Waals surface area contributed by atoms with Gasteiger partial charge in [-0.15, -0.1) is 0 Å². The number of anilines is 1. The van der Waals surface area contributed by atoms with Crippen LogP contribution < -0.4 is 9.64 Å². The highest BCUT2D eigenvalue weighted by Crippen LogP contribution is 2.24. The van der Waals surface area contributed by atoms with Gasteiger partial charge in [0.25, 0.3) is 0 Å². The standard InChI is InChI=1S/C18H20FN3O3/c1-2-24-17(23)13-8-11-22(12-9-13)18-20-10-7-16(21-18)25-15-5-3-14(19)4-6-15/h3-7,10,13H,2,8-9,11-12H2,1H3. The molecule has 1 aliphatic rings. The zero-order valence-electron chi connectivity index (χ0n) is 14.0. The summed E-state index contributed by atoms with van der Waals surface area (Å²) < 4.78 is 23.7. The molecule has 1 aromatic carbocycles. The molecule has 0 saturated carbocycles. The van der Waals surface area contributed by atoms with Gasteiger partial charge in [0.1, 0.15) is 11.6 Å². The molecular formula is C18H20FN3O3. The quantitative estimate of drug-likeness (QED) is 0.776. The van der Waals surface area contributed by atoms with Crippen molar-refractivity contribution in [3.05, 3.63) is 42.3 Å². The van der Waals surface area contributed by atoms with Gasteiger partial charge in [-0.25, -0.2) is 9.37 Å². The molecule has 0 unspecified atom stereocenters. The predicted molar refractivity (Wildman–Crippen MR) is 90.1 cm³/mol. The third-order valence-corrected chi connectivity index (χ3v) is 4.05. The van der Waals surface area contributed by atoms with Gasteiger partial charge in [-0.3, -0.25) is 4.79 Å². The van der Waals surface area contributed by atoms with Crippen molar-refractivity contribution in [2.75, 3.05) is 24.6 Å². The van der Waals surface area contributed by atoms with Gasteiger partial charge < -0.3 is 14.4 Å². The van der Waals surface area contributed by atoms with Crippen LogP contribution in [0.4, 0.5) is 10.3 Å². The lowest BCUT2D eigenvalue weighted by Crippen LogP contribution is -2.37. The fraction of sp³-hybridized carbons (Fsp3) is 0.389. The van der Waals surface area contributed by atoms with E-state index in [2.05, 4.69) is 9.97 Å². The number of hydrogen-bond acceptors (Lipinski definition) is 6. The van der Waals surface area contributed by atoms with Crippen molar-refractivity contribution in [3.63, 3.8) is 0 Å². The minimum Gasteiger partial charge on any atom is -0.466 e. The monoisotopic (exact) mass is 345 g/mol. The predicted octanol–water partition coefficient (Wildman–Crippen LogP) is 3.19. The van der Waals surface area contributed by atoms with Crippen molar-refractivity contribution in [2.45, 2.75) is 19.8 Å². The molecule has 2 aromatic rings. The Bertz CT molecular complexity index is 716. The van der Waals surface area contributed by atoms with Crippen LogP contribution in [0, 0.1) is 11.7 Å². The van der Waals surface area contributed by atoms with Gasteiger partial charge in [-0.2, -0.15) is 4.98 Å². The Morgan fingerprint density at radius 1 is 1.24 bits per heavy atom. The average molecular weight is 345 g/mol. The average Bonchev–Trinajstić information content (AvgIpc) is 2.64. The van der Waals surface area contributed by atoms with Crippen LogP contribution >= 0.6 is 0 Å². The molecule has 0 atom stereocenters. The SMILES string of the molecule is CCOC(=O)C1CCN(c2nccc(Oc3ccc(F)cc3)n2)CC1. The van der Waals surface area contributed by atoms with E-state index in [4.69, 9.17) is 9.47 Å². The number of aromatic nitrogens is 2. The van der Waals surface area contributed by atoms with Crippen LogP contribution in [0.5, 0.6) is 11.6 Å². The second-order valence-electron chi connectivity index (χ2n) is 5.76. The highest BCUT2D eigenvalue weighted by molar-refractivity contribution is 5.72. The number of carbonyl (C=O) groups excluding carboxylic acids is 1. The lowest BCUT2D eigenvalue weighted by molar-refractivity contribution is -0.148. The normalized spacial score (nSPS) is 15.0. The lowest BCUT2D eigenvalue weighted by atomic mass is 9.97. The summed E-state index contributed by atoms with van der Waals surface area (Å²) in [5, 5.41) is 0. The minimum atomic E-state index is -0.319. The number of ether oxygens (including phenoxy) is 2. The van der Waals surface area contributed by atoms with E-state index < -0.39 is 0 Å². The molecule has 0 radical (unpaired) electrons. The third kappa shape index (κ3) is 4.43. The molecule has 0 aliphatic carbocycles. The van der Waals surface area contributed by atoms with Crippen LogP contribution in [0.15, 0.2) is 36.5 Å². The van der Waals surface area contributed by atoms with E-state index in [1.54, 1.807) is 24.4 Å². The van der Waals surface area contributed by atoms with Crippen LogP contribution in [0.3, 0.4) is 0 Å². The fourth-order valence-electron chi connectivity index (χ4n) is 2.74. The molecule has 132 valence electrons. The number of carbonyl (C=O) groups is 1. The van der Waals surface area contributed by atoms with E-state index in [1.807, 2.05) is 11.8 Å². The third-order valence-electron chi connectivity index (χ3n) is 4.05. The maximum atomic E-state index is 12.9. The summed E-state index contributed by atoms with van der Waals surface area (Å²) >= 11 is 0. The molecule has 1 saturated heterocycles. The van der Waals surface area contributed by atoms with Gasteiger partial charge in [0.05, 0.1) is 12.5 Å². The Morgan fingerprint density at radius 3 is 2.64 bits per heavy atom. The first-order chi connectivity index (χ1) is 12.2. The van der Waals surface area contributed by atoms with E-state index in [9.17, 15) is 9.18 Å². The van der Waals surface area contributed by atoms with E-state index in [0.29, 0.717) is 50.1 Å². The molecule has 1 fully saturated rings. The summed E-state index contributed by atoms with van der Waals surface area (Å²) in [5.74, 6) is 0.949. The van der Waals surface area contributed by atoms with E-state index >= 15 is 0 Å². The summed E-state index contributed by atoms with van der Waals surface area (Å²) in [6.07, 6.45) is 3.05. The summed E-state index contributed by atoms with van der Waals surface area (Å²) in [4.78, 5) is 22.5. The largest absolute Gasteiger partial charge is 0.466 e. The maximum Gasteiger partial charge on any atom is 0.309 e. The molecule has 0 bridgehead atoms. The lowest BCUT2D eigenvalue weighted by Gasteiger charge is -2.30. The number of esters is 1. The summed E-state index contributed by atoms with van der Waals surface area (Å²) in [5.41, 5.74) is 0. The van der Waals surface area contributed by atoms with Crippen molar-refractivity contribution in [2.24, 2.45) is 5.92 Å². The number of rotatable bonds is 5. The van der Waals surface area contributed by atoms with Gasteiger partial charge in [0.15, 0.2) is 0 Å². The van der Waals surface area contributed by atoms with E-state index in [-0.39, 0.29) is 17.7 Å². The molecule has 7 heteroatoms. The molecule has 1 aromatic heterocycles. The Balaban J connectivity index is 1.62. The first-order valence-corrected chi connectivity index (χ1v) is 8.33. The second kappa shape index (κ2) is 7.92. The minimum absolute atomic E-state index is 0.0603. The number of nitrogens with zero attached hydrogens (tertiary/aromatic N) is 3. The van der Waals surface area contributed by atoms with Crippen molar-refractivity contribution < 1.29 is 18.7 Å². The van der Waals surface area contributed by atoms with E-state index in [1.165, 1.54) is 12.1 Å². The second-order valence-corrected chi connectivity index (χ2v) is 5.76. The summed E-state index contributed by atoms with van der Waals surface area (Å²) in [7, 11) is 0. The summed E-state index contributed by atoms with van der Waals surface area (Å²) in [6, 6.07) is 7.40. The maximum absolute atomic E-state index is 12.9. The molecule has 3 rings (SSSR count). The molecule has 1 aliphatic heterocycles. The molecule has 2 heterocycles. The molecule has 0 amide bonds. The fourth-order valence-corrected chi connectivity index (χ4v) is 2.74. The Morgan fingerprint density at radius 2 is 1.96 bits per heavy atom. The van der Waals surface area contributed by atoms with Crippen LogP contribution in [-0.4, -0.2) is 35.6 Å². The topological polar surface area (TPSA) is 64.5 Å². The van der Waals surface area contributed by atoms with Crippen LogP contribution in [0.25, 0.3) is 0 Å². The first-order valence-electron chi connectivity index (χ1n) is 8.33. The van der Waals surface area contributed by atoms with Crippen LogP contribution in [0.2, 0.25) is 0 Å². The van der Waals surface area contributed by atoms with Gasteiger partial charge >= 0.3 is 5.97 Å². The Hall–Kier alpha value is -2.70. The molecular weight excluding hydrogens is 325 g/mol. The number of halogens is 1. The van der Waals surface area contributed by atoms with Gasteiger partial charge in [0, 0.05) is 25.4 Å². The van der Waals surface area contributed by atoms with Crippen molar-refractivity contribution >= 4 is 11.9 Å². The van der Waals surface area contributed by atoms with Crippen molar-refractivity contribution in [3.8, 4) is 11.6 Å². The number of benzene rings is 1. The zero-order valence-corrected chi connectivity index (χ0v) is 14.0. The molecule has 6 nitrogen and oxygen atoms in total. The highest BCUT2D eigenvalue weighted by atomic mass is 19.1. The zero-order chi connectivity index (χ0) is 17.6. The van der Waals surface area contributed by atoms with Crippen molar-refractivity contribution in [1.29, 1.82) is 0 Å². The highest BCUT2D eigenvalue weighted by Gasteiger charge is 2.27. The van der Waals surface area contributed by atoms with Gasteiger partial charge in [-0.05, 0) is 44.0 Å². The smallest absolute Gasteiger partial charge is 0.309 e. The van der Waals surface area contributed by atoms with Gasteiger partial charge in [0.2, 0.25) is 11.8 Å². The molecule has 25 heavy (non-hydrogen) atoms. The number of hydrogen-bond donors (Lipinski definition) is 0. The Labute approximate surface area is 145 Å². The van der Waals surface area contributed by atoms with Crippen LogP contribution in [-0.2, 0) is 9.53 Å². The summed E-state index contributed by atoms with van der Waals surface area (Å²) in [6.45, 7) is 3.59. The first kappa shape index (κ1) is 17.1. The number of piperidine rings is 1. The molecule has 0 spiro atoms. The molecule has 0 N–H and O–H groups in total. The van der Waals surface area contributed by atoms with Gasteiger partial charge in [-0.1, -0.05) is 0 Å². The van der Waals surface area contributed by atoms with Crippen LogP contribution in [0.1, 0.15) is 19.8 Å².